The number of ether oxygens (including phenoxy) is 7. The predicted octanol–water partition coefficient (Wildman–Crippen LogP) is 0.906. The summed E-state index contributed by atoms with van der Waals surface area (Å²) < 4.78 is 81.2. The van der Waals surface area contributed by atoms with Crippen LogP contribution in [0.4, 0.5) is 0 Å². The molecule has 134 heavy (non-hydrogen) atoms. The van der Waals surface area contributed by atoms with E-state index in [1.54, 1.807) is 27.7 Å². The normalized spacial score (nSPS) is 25.5. The zero-order valence-corrected chi connectivity index (χ0v) is 77.5. The fraction of sp³-hybridized carbons (Fsp3) is 0.530. The Morgan fingerprint density at radius 1 is 0.664 bits per heavy atom. The van der Waals surface area contributed by atoms with Crippen LogP contribution in [0, 0.1) is 5.92 Å². The number of aliphatic hydroxyl groups excluding tert-OH is 6. The number of likely N-dealkylation sites (N-methyl/N-ethyl adjacent to an activating group) is 1. The fourth-order valence-corrected chi connectivity index (χ4v) is 19.0. The van der Waals surface area contributed by atoms with Crippen molar-refractivity contribution in [3.05, 3.63) is 116 Å². The summed E-state index contributed by atoms with van der Waals surface area (Å²) in [6, 6.07) is -4.34. The molecule has 2 saturated heterocycles. The number of hydrogen-bond donors (Lipinski definition) is 27. The molecule has 0 aliphatic carbocycles. The molecule has 0 radical (unpaired) electrons. The molecule has 0 spiro atoms. The van der Waals surface area contributed by atoms with Crippen LogP contribution in [0.25, 0.3) is 11.1 Å². The lowest BCUT2D eigenvalue weighted by atomic mass is 9.85. The van der Waals surface area contributed by atoms with E-state index in [4.69, 9.17) is 62.1 Å². The van der Waals surface area contributed by atoms with E-state index >= 15 is 24.0 Å². The van der Waals surface area contributed by atoms with Crippen molar-refractivity contribution in [3.8, 4) is 57.1 Å². The number of carbonyl (C=O) groups excluding carboxylic acids is 9. The molecule has 18 atom stereocenters. The van der Waals surface area contributed by atoms with Gasteiger partial charge in [-0.15, -0.1) is 0 Å². The number of aromatic hydroxyl groups is 3. The SMILES string of the molecule is CCCCCCCCCCNCCN[C@]1(C)CC(OC2C(Oc3c4cc5cc3Oc3ccc(cc3Cl)[C@H](O)C(NC(=O)C(CC(C)C)NC)C(=O)NC(CC(N)=O)C(=O)NC5C(=O)NC3C(=O)NC(C(=O)N[C@@H](C(=O)OCC(=O)NC(P(=O)(O)O)P(=O)(O)O)c5cc(O)c(CNCP(=O)(O)O)c(O)c5-c5cc3ccc5O)[C@H](O)c3ccc(c(Cl)c3)O4)OC(CO)C(O)C2O)OC(C)C1O. The maximum Gasteiger partial charge on any atom is 0.360 e. The number of carbonyl (C=O) groups is 9. The first-order valence-electron chi connectivity index (χ1n) is 42.8. The molecule has 28 N–H and O–H groups in total. The van der Waals surface area contributed by atoms with Crippen molar-refractivity contribution < 1.29 is 165 Å². The smallest absolute Gasteiger partial charge is 0.360 e. The summed E-state index contributed by atoms with van der Waals surface area (Å²) in [7, 11) is -15.5. The van der Waals surface area contributed by atoms with Crippen molar-refractivity contribution in [1.82, 2.24) is 58.5 Å². The number of rotatable bonds is 35. The maximum absolute atomic E-state index is 16.5. The molecule has 8 amide bonds. The molecule has 5 aromatic carbocycles. The van der Waals surface area contributed by atoms with Gasteiger partial charge in [0.15, 0.2) is 36.5 Å². The van der Waals surface area contributed by atoms with Gasteiger partial charge in [0.25, 0.3) is 5.91 Å². The molecular weight excluding hydrogens is 1870 g/mol. The summed E-state index contributed by atoms with van der Waals surface area (Å²) in [6.07, 6.45) is -11.7. The Labute approximate surface area is 777 Å². The molecule has 14 unspecified atom stereocenters. The quantitative estimate of drug-likeness (QED) is 0.0152. The van der Waals surface area contributed by atoms with E-state index < -0.39 is 318 Å². The van der Waals surface area contributed by atoms with Gasteiger partial charge in [-0.2, -0.15) is 0 Å². The summed E-state index contributed by atoms with van der Waals surface area (Å²) >= 11 is 14.4. The average molecular weight is 1990 g/mol. The Morgan fingerprint density at radius 3 is 1.85 bits per heavy atom. The Bertz CT molecular complexity index is 5250. The number of fused-ring (bicyclic) bond motifs is 15. The van der Waals surface area contributed by atoms with Gasteiger partial charge in [0.2, 0.25) is 58.9 Å². The number of unbranched alkanes of at least 4 members (excludes halogenated alkanes) is 7. The Balaban J connectivity index is 1.19. The second kappa shape index (κ2) is 46.2. The van der Waals surface area contributed by atoms with E-state index in [0.29, 0.717) is 19.2 Å². The second-order valence-electron chi connectivity index (χ2n) is 33.7. The monoisotopic (exact) mass is 1980 g/mol. The fourth-order valence-electron chi connectivity index (χ4n) is 15.9. The summed E-state index contributed by atoms with van der Waals surface area (Å²) in [5.74, 6) is -20.5. The summed E-state index contributed by atoms with van der Waals surface area (Å²) in [6.45, 7) is 6.78. The van der Waals surface area contributed by atoms with Crippen molar-refractivity contribution >= 4 is 99.2 Å². The molecule has 2 fully saturated rings. The van der Waals surface area contributed by atoms with Gasteiger partial charge in [-0.05, 0) is 123 Å². The third-order valence-corrected chi connectivity index (χ3v) is 27.5. The van der Waals surface area contributed by atoms with E-state index in [0.717, 1.165) is 99.3 Å². The summed E-state index contributed by atoms with van der Waals surface area (Å²) in [5, 5.41) is 135. The van der Waals surface area contributed by atoms with E-state index in [1.807, 2.05) is 0 Å². The molecule has 46 nitrogen and oxygen atoms in total. The first kappa shape index (κ1) is 107. The van der Waals surface area contributed by atoms with E-state index in [2.05, 4.69) is 60.1 Å². The average Bonchev–Trinajstić information content (AvgIpc) is 0.731. The first-order valence-corrected chi connectivity index (χ1v) is 48.7. The summed E-state index contributed by atoms with van der Waals surface area (Å²) in [4.78, 5) is 194. The Morgan fingerprint density at radius 2 is 1.26 bits per heavy atom. The number of nitrogens with two attached hydrogens (primary N) is 1. The highest BCUT2D eigenvalue weighted by molar-refractivity contribution is 7.70. The van der Waals surface area contributed by atoms with Gasteiger partial charge in [0.1, 0.15) is 89.5 Å². The van der Waals surface area contributed by atoms with Crippen LogP contribution >= 0.6 is 46.0 Å². The van der Waals surface area contributed by atoms with E-state index in [9.17, 15) is 108 Å². The number of phenols is 3. The minimum absolute atomic E-state index is 0.147. The first-order chi connectivity index (χ1) is 63.0. The van der Waals surface area contributed by atoms with Crippen LogP contribution in [0.1, 0.15) is 169 Å². The molecular formula is C83H113Cl2N12O34P3. The molecule has 12 rings (SSSR count). The van der Waals surface area contributed by atoms with Crippen molar-refractivity contribution in [2.24, 2.45) is 11.7 Å². The molecule has 0 aromatic heterocycles. The van der Waals surface area contributed by atoms with Gasteiger partial charge < -0.3 is 173 Å². The highest BCUT2D eigenvalue weighted by Crippen LogP contribution is 2.59. The highest BCUT2D eigenvalue weighted by atomic mass is 35.5. The van der Waals surface area contributed by atoms with Crippen LogP contribution in [0.2, 0.25) is 10.0 Å². The number of benzene rings is 5. The largest absolute Gasteiger partial charge is 0.507 e. The number of primary amides is 1. The lowest BCUT2D eigenvalue weighted by Gasteiger charge is -2.48. The van der Waals surface area contributed by atoms with Crippen molar-refractivity contribution in [2.75, 3.05) is 46.2 Å². The highest BCUT2D eigenvalue weighted by Gasteiger charge is 2.53. The lowest BCUT2D eigenvalue weighted by Crippen LogP contribution is -2.65. The van der Waals surface area contributed by atoms with Gasteiger partial charge in [-0.1, -0.05) is 107 Å². The van der Waals surface area contributed by atoms with Crippen LogP contribution in [0.3, 0.4) is 0 Å². The lowest BCUT2D eigenvalue weighted by molar-refractivity contribution is -0.334. The van der Waals surface area contributed by atoms with E-state index in [-0.39, 0.29) is 24.3 Å². The standard InChI is InChI=1S/C83H113Cl2N12O34P3/c1-7-8-9-10-11-12-13-14-21-88-22-23-90-83(5)32-59(126-38(4)73(83)108)130-72-70(107)69(106)56(34-98)129-81(72)131-71-54-28-42-29-55(71)128-53-20-17-41(27-47(53)85)67(104)65-79(114)95-63(80(115)125-35-58(102)92-82(133(119,120)121)134(122,123)124)44-30-51(100)45(33-89-36-132(116,117)118)68(105)60(44)43-25-39(15-18-50(43)99)61(76(111)97-65)94-77(112)62(42)93-75(110)49(31-57(86)101)91-78(113)64(96-74(109)48(87-6)24-37(2)3)66(103)40-16-19-52(127-54)46(84)26-40/h15-20,25-30,37-38,48-49,56,59,61-67,69-70,72-73,81-82,87-90,98-100,103-108H,7-14,21-24,31-36H2,1-6H3,(H2,86,101)(H,91,113)(H,92,102)(H,93,110)(H,94,112)(H,95,114)(H,96,109)(H,97,111)(H2,116,117,118)(H2,119,120,121)(H2,122,123,124)/t38?,48?,49?,56?,59?,61?,62?,63-,64?,65?,66+,67-,69?,70?,72?,73?,81?,83-/m1/s1. The molecule has 7 aliphatic heterocycles. The third kappa shape index (κ3) is 26.9. The maximum atomic E-state index is 16.5. The zero-order chi connectivity index (χ0) is 98.5. The molecule has 11 bridgehead atoms. The Hall–Kier alpha value is -9.36. The topological polar surface area (TPSA) is 731 Å². The molecule has 7 aliphatic rings. The van der Waals surface area contributed by atoms with Gasteiger partial charge in [0.05, 0.1) is 53.2 Å². The van der Waals surface area contributed by atoms with Gasteiger partial charge in [-0.25, -0.2) is 4.79 Å². The zero-order valence-electron chi connectivity index (χ0n) is 73.3. The number of phenolic OH excluding ortho intramolecular Hbond substituents is 3. The molecule has 0 saturated carbocycles. The van der Waals surface area contributed by atoms with Crippen LogP contribution in [-0.4, -0.2) is 259 Å². The predicted molar refractivity (Wildman–Crippen MR) is 472 cm³/mol. The molecule has 738 valence electrons. The van der Waals surface area contributed by atoms with Crippen LogP contribution < -0.4 is 78.4 Å². The van der Waals surface area contributed by atoms with Gasteiger partial charge in [0, 0.05) is 48.3 Å². The molecule has 7 heterocycles. The molecule has 5 aromatic rings. The van der Waals surface area contributed by atoms with Gasteiger partial charge in [-0.3, -0.25) is 52.1 Å². The van der Waals surface area contributed by atoms with Crippen molar-refractivity contribution in [2.45, 2.75) is 227 Å². The van der Waals surface area contributed by atoms with E-state index in [1.165, 1.54) is 37.7 Å². The minimum Gasteiger partial charge on any atom is -0.507 e. The number of aliphatic hydroxyl groups is 6. The number of hydrogen-bond acceptors (Lipinski definition) is 32. The number of amides is 8. The van der Waals surface area contributed by atoms with Crippen molar-refractivity contribution in [3.63, 3.8) is 0 Å². The number of nitrogens with one attached hydrogen (secondary N) is 11. The number of halogens is 2. The van der Waals surface area contributed by atoms with Crippen LogP contribution in [0.5, 0.6) is 46.0 Å². The summed E-state index contributed by atoms with van der Waals surface area (Å²) in [5.41, 5.74) is -3.90. The van der Waals surface area contributed by atoms with Crippen LogP contribution in [0.15, 0.2) is 72.8 Å². The second-order valence-corrected chi connectivity index (χ2v) is 39.9. The number of esters is 1. The van der Waals surface area contributed by atoms with Gasteiger partial charge >= 0.3 is 28.8 Å². The minimum atomic E-state index is -5.96. The third-order valence-electron chi connectivity index (χ3n) is 22.9. The van der Waals surface area contributed by atoms with Crippen LogP contribution in [-0.2, 0) is 82.3 Å². The molecule has 51 heteroatoms. The Kier molecular flexibility index (Phi) is 36.8. The van der Waals surface area contributed by atoms with Crippen molar-refractivity contribution in [1.29, 1.82) is 0 Å².